The Hall–Kier alpha value is -1.26. The lowest BCUT2D eigenvalue weighted by molar-refractivity contribution is -0.866. The molecule has 2 bridgehead atoms. The van der Waals surface area contributed by atoms with Crippen LogP contribution in [0.3, 0.4) is 0 Å². The summed E-state index contributed by atoms with van der Waals surface area (Å²) in [6, 6.07) is 5.89. The zero-order chi connectivity index (χ0) is 17.4. The lowest BCUT2D eigenvalue weighted by Crippen LogP contribution is -2.63. The lowest BCUT2D eigenvalue weighted by Gasteiger charge is -2.45. The van der Waals surface area contributed by atoms with Crippen LogP contribution in [0.5, 0.6) is 5.75 Å². The second-order valence-corrected chi connectivity index (χ2v) is 8.55. The molecular weight excluding hydrogens is 336 g/mol. The number of hydrogen-bond acceptors (Lipinski definition) is 2. The Balaban J connectivity index is 0.000000129. The third-order valence-electron chi connectivity index (χ3n) is 6.72. The van der Waals surface area contributed by atoms with Crippen LogP contribution in [0.15, 0.2) is 18.2 Å². The van der Waals surface area contributed by atoms with Crippen LogP contribution in [0.1, 0.15) is 56.4 Å². The van der Waals surface area contributed by atoms with E-state index in [1.54, 1.807) is 0 Å². The summed E-state index contributed by atoms with van der Waals surface area (Å²) >= 11 is 6.00. The molecule has 2 N–H and O–H groups in total. The number of nitrogens with two attached hydrogens (primary N) is 1. The van der Waals surface area contributed by atoms with Gasteiger partial charge in [-0.3, -0.25) is 0 Å². The Morgan fingerprint density at radius 2 is 1.76 bits per heavy atom. The maximum atomic E-state index is 11.1. The molecule has 0 radical (unpaired) electrons. The van der Waals surface area contributed by atoms with E-state index in [1.165, 1.54) is 50.5 Å². The molecule has 1 saturated carbocycles. The van der Waals surface area contributed by atoms with Gasteiger partial charge in [-0.25, -0.2) is 9.28 Å². The van der Waals surface area contributed by atoms with Crippen LogP contribution in [0.25, 0.3) is 0 Å². The Morgan fingerprint density at radius 1 is 1.08 bits per heavy atom. The van der Waals surface area contributed by atoms with Crippen molar-refractivity contribution in [2.75, 3.05) is 19.6 Å². The zero-order valence-electron chi connectivity index (χ0n) is 14.8. The van der Waals surface area contributed by atoms with E-state index in [1.807, 2.05) is 12.1 Å². The molecule has 0 unspecified atom stereocenters. The molecule has 6 rings (SSSR count). The minimum atomic E-state index is -0.108. The van der Waals surface area contributed by atoms with Gasteiger partial charge in [-0.05, 0) is 43.4 Å². The zero-order valence-corrected chi connectivity index (χ0v) is 15.5. The summed E-state index contributed by atoms with van der Waals surface area (Å²) in [6.45, 7) is 3.00. The molecule has 4 heterocycles. The highest BCUT2D eigenvalue weighted by atomic mass is 35.5. The number of quaternary nitrogens is 1. The normalized spacial score (nSPS) is 35.0. The smallest absolute Gasteiger partial charge is 0.414 e. The van der Waals surface area contributed by atoms with Crippen LogP contribution in [-0.4, -0.2) is 36.3 Å². The van der Waals surface area contributed by atoms with Crippen molar-refractivity contribution in [3.63, 3.8) is 0 Å². The molecule has 1 aromatic rings. The van der Waals surface area contributed by atoms with Crippen molar-refractivity contribution in [1.82, 2.24) is 0 Å². The van der Waals surface area contributed by atoms with Gasteiger partial charge in [0.05, 0.1) is 19.6 Å². The number of nitrogens with zero attached hydrogens (tertiary/aromatic N) is 1. The number of urea groups is 1. The number of carbonyl (C=O) groups excluding carboxylic acids is 1. The number of fused-ring (bicyclic) bond motifs is 6. The highest BCUT2D eigenvalue weighted by Gasteiger charge is 2.44. The number of amides is 2. The summed E-state index contributed by atoms with van der Waals surface area (Å²) in [5.41, 5.74) is 6.71. The Labute approximate surface area is 154 Å². The number of benzene rings is 1. The van der Waals surface area contributed by atoms with Crippen LogP contribution in [0, 0.1) is 5.92 Å². The van der Waals surface area contributed by atoms with Gasteiger partial charge in [0.25, 0.3) is 0 Å². The summed E-state index contributed by atoms with van der Waals surface area (Å²) in [7, 11) is 0. The molecule has 2 atom stereocenters. The van der Waals surface area contributed by atoms with Gasteiger partial charge in [0.1, 0.15) is 11.9 Å². The van der Waals surface area contributed by atoms with Crippen molar-refractivity contribution in [1.29, 1.82) is 0 Å². The minimum Gasteiger partial charge on any atom is -0.489 e. The average Bonchev–Trinajstić information content (AvgIpc) is 3.02. The first-order valence-electron chi connectivity index (χ1n) is 9.70. The van der Waals surface area contributed by atoms with Gasteiger partial charge in [0, 0.05) is 35.8 Å². The molecule has 3 saturated heterocycles. The molecule has 5 aliphatic rings. The highest BCUT2D eigenvalue weighted by molar-refractivity contribution is 6.30. The van der Waals surface area contributed by atoms with Gasteiger partial charge in [0.2, 0.25) is 0 Å². The second kappa shape index (κ2) is 6.81. The second-order valence-electron chi connectivity index (χ2n) is 8.12. The number of hydrogen-bond donors (Lipinski definition) is 1. The van der Waals surface area contributed by atoms with E-state index < -0.39 is 0 Å². The topological polar surface area (TPSA) is 52.3 Å². The van der Waals surface area contributed by atoms with Crippen molar-refractivity contribution < 1.29 is 14.0 Å². The van der Waals surface area contributed by atoms with Crippen molar-refractivity contribution >= 4 is 17.6 Å². The SMILES string of the molecule is Clc1ccc2c(c1)[C@@H]1CCCC[C@H]1O2.NC(=O)[N+]12CCC(CC1)CC2. The summed E-state index contributed by atoms with van der Waals surface area (Å²) in [6.07, 6.45) is 9.17. The molecule has 136 valence electrons. The predicted octanol–water partition coefficient (Wildman–Crippen LogP) is 4.45. The number of carbonyl (C=O) groups is 1. The van der Waals surface area contributed by atoms with Gasteiger partial charge < -0.3 is 10.5 Å². The Morgan fingerprint density at radius 3 is 2.40 bits per heavy atom. The summed E-state index contributed by atoms with van der Waals surface area (Å²) in [4.78, 5) is 11.1. The van der Waals surface area contributed by atoms with Crippen molar-refractivity contribution in [2.24, 2.45) is 11.7 Å². The van der Waals surface area contributed by atoms with Gasteiger partial charge in [-0.15, -0.1) is 0 Å². The van der Waals surface area contributed by atoms with E-state index in [4.69, 9.17) is 22.1 Å². The monoisotopic (exact) mass is 363 g/mol. The molecule has 2 amide bonds. The van der Waals surface area contributed by atoms with E-state index in [-0.39, 0.29) is 6.03 Å². The number of piperidine rings is 3. The van der Waals surface area contributed by atoms with E-state index in [2.05, 4.69) is 6.07 Å². The van der Waals surface area contributed by atoms with Crippen LogP contribution >= 0.6 is 11.6 Å². The maximum Gasteiger partial charge on any atom is 0.414 e. The average molecular weight is 364 g/mol. The summed E-state index contributed by atoms with van der Waals surface area (Å²) in [5.74, 6) is 2.57. The summed E-state index contributed by atoms with van der Waals surface area (Å²) < 4.78 is 6.49. The van der Waals surface area contributed by atoms with Crippen molar-refractivity contribution in [3.05, 3.63) is 28.8 Å². The van der Waals surface area contributed by atoms with Gasteiger partial charge in [-0.1, -0.05) is 18.0 Å². The standard InChI is InChI=1S/C12H13ClO.C8H14N2O/c13-8-5-6-12-10(7-8)9-3-1-2-4-11(9)14-12;9-8(11)10-4-1-7(2-5-10)3-6-10/h5-7,9,11H,1-4H2;7H,1-6H2,(H-,9,11)/p+1/t9-,11+;/m0./s1. The largest absolute Gasteiger partial charge is 0.489 e. The van der Waals surface area contributed by atoms with Gasteiger partial charge in [-0.2, -0.15) is 0 Å². The molecular formula is C20H28ClN2O2+. The quantitative estimate of drug-likeness (QED) is 0.692. The number of primary amides is 1. The van der Waals surface area contributed by atoms with E-state index in [9.17, 15) is 4.79 Å². The number of ether oxygens (including phenoxy) is 1. The molecule has 0 spiro atoms. The third-order valence-corrected chi connectivity index (χ3v) is 6.95. The molecule has 5 heteroatoms. The van der Waals surface area contributed by atoms with E-state index in [0.717, 1.165) is 36.3 Å². The number of halogens is 1. The minimum absolute atomic E-state index is 0.108. The van der Waals surface area contributed by atoms with Crippen molar-refractivity contribution in [2.45, 2.75) is 57.0 Å². The molecule has 1 aliphatic carbocycles. The van der Waals surface area contributed by atoms with Crippen molar-refractivity contribution in [3.8, 4) is 5.75 Å². The lowest BCUT2D eigenvalue weighted by atomic mass is 9.83. The third kappa shape index (κ3) is 3.26. The van der Waals surface area contributed by atoms with E-state index >= 15 is 0 Å². The highest BCUT2D eigenvalue weighted by Crippen LogP contribution is 2.46. The van der Waals surface area contributed by atoms with Crippen LogP contribution in [-0.2, 0) is 0 Å². The Bertz CT molecular complexity index is 641. The molecule has 1 aromatic carbocycles. The van der Waals surface area contributed by atoms with Gasteiger partial charge >= 0.3 is 6.03 Å². The first-order valence-corrected chi connectivity index (χ1v) is 10.1. The molecule has 4 nitrogen and oxygen atoms in total. The van der Waals surface area contributed by atoms with Crippen LogP contribution < -0.4 is 10.5 Å². The van der Waals surface area contributed by atoms with Crippen LogP contribution in [0.2, 0.25) is 5.02 Å². The fourth-order valence-electron chi connectivity index (χ4n) is 5.06. The first kappa shape index (κ1) is 17.2. The molecule has 0 aromatic heterocycles. The van der Waals surface area contributed by atoms with Crippen LogP contribution in [0.4, 0.5) is 4.79 Å². The number of rotatable bonds is 0. The first-order chi connectivity index (χ1) is 12.1. The van der Waals surface area contributed by atoms with E-state index in [0.29, 0.717) is 16.5 Å². The molecule has 25 heavy (non-hydrogen) atoms. The maximum absolute atomic E-state index is 11.1. The molecule has 4 aliphatic heterocycles. The fourth-order valence-corrected chi connectivity index (χ4v) is 5.24. The fraction of sp³-hybridized carbons (Fsp3) is 0.650. The Kier molecular flexibility index (Phi) is 4.67. The van der Waals surface area contributed by atoms with Gasteiger partial charge in [0.15, 0.2) is 0 Å². The molecule has 4 fully saturated rings. The predicted molar refractivity (Wildman–Crippen MR) is 98.9 cm³/mol. The summed E-state index contributed by atoms with van der Waals surface area (Å²) in [5, 5.41) is 0.832.